The van der Waals surface area contributed by atoms with Crippen LogP contribution in [0.4, 0.5) is 0 Å². The van der Waals surface area contributed by atoms with Crippen LogP contribution in [-0.2, 0) is 22.3 Å². The number of hydrogen-bond acceptors (Lipinski definition) is 3. The van der Waals surface area contributed by atoms with Gasteiger partial charge in [0, 0.05) is 36.8 Å². The fourth-order valence-electron chi connectivity index (χ4n) is 3.30. The summed E-state index contributed by atoms with van der Waals surface area (Å²) < 4.78 is 14.0. The average Bonchev–Trinajstić information content (AvgIpc) is 3.04. The molecule has 1 fully saturated rings. The number of aryl methyl sites for hydroxylation is 3. The van der Waals surface area contributed by atoms with E-state index in [2.05, 4.69) is 57.3 Å². The summed E-state index contributed by atoms with van der Waals surface area (Å²) in [5.41, 5.74) is 4.75. The van der Waals surface area contributed by atoms with E-state index in [0.29, 0.717) is 13.2 Å². The zero-order valence-corrected chi connectivity index (χ0v) is 15.7. The minimum Gasteiger partial charge on any atom is -0.407 e. The molecule has 0 unspecified atom stereocenters. The van der Waals surface area contributed by atoms with Crippen molar-refractivity contribution in [2.75, 3.05) is 13.2 Å². The quantitative estimate of drug-likeness (QED) is 0.679. The fraction of sp³-hybridized carbons (Fsp3) is 0.381. The molecular formula is C21H25BN2O2. The van der Waals surface area contributed by atoms with Gasteiger partial charge in [-0.1, -0.05) is 55.8 Å². The van der Waals surface area contributed by atoms with Gasteiger partial charge in [-0.15, -0.1) is 0 Å². The highest BCUT2D eigenvalue weighted by molar-refractivity contribution is 6.64. The molecule has 26 heavy (non-hydrogen) atoms. The summed E-state index contributed by atoms with van der Waals surface area (Å²) in [4.78, 5) is 0. The second-order valence-corrected chi connectivity index (χ2v) is 8.03. The van der Waals surface area contributed by atoms with E-state index >= 15 is 0 Å². The Bertz CT molecular complexity index is 892. The summed E-state index contributed by atoms with van der Waals surface area (Å²) in [7, 11) is -0.304. The molecule has 1 aromatic heterocycles. The number of fused-ring (bicyclic) bond motifs is 1. The summed E-state index contributed by atoms with van der Waals surface area (Å²) in [6.45, 7) is 8.70. The predicted molar refractivity (Wildman–Crippen MR) is 106 cm³/mol. The first-order chi connectivity index (χ1) is 12.5. The lowest BCUT2D eigenvalue weighted by atomic mass is 9.74. The molecular weight excluding hydrogens is 323 g/mol. The lowest BCUT2D eigenvalue weighted by Gasteiger charge is -2.33. The van der Waals surface area contributed by atoms with Crippen molar-refractivity contribution in [3.05, 3.63) is 59.8 Å². The zero-order chi connectivity index (χ0) is 18.1. The molecule has 4 nitrogen and oxygen atoms in total. The van der Waals surface area contributed by atoms with E-state index in [1.54, 1.807) is 0 Å². The van der Waals surface area contributed by atoms with Crippen molar-refractivity contribution in [3.8, 4) is 0 Å². The molecule has 0 spiro atoms. The van der Waals surface area contributed by atoms with Crippen LogP contribution in [-0.4, -0.2) is 30.1 Å². The molecule has 1 aliphatic heterocycles. The van der Waals surface area contributed by atoms with E-state index in [4.69, 9.17) is 14.4 Å². The number of rotatable bonds is 4. The summed E-state index contributed by atoms with van der Waals surface area (Å²) in [5.74, 6) is 0. The van der Waals surface area contributed by atoms with E-state index in [1.807, 2.05) is 16.8 Å². The third-order valence-electron chi connectivity index (χ3n) is 4.89. The standard InChI is InChI=1S/C21H25BN2O2/c1-16-7-9-17(10-8-16)11-12-24-13-18-19(5-4-6-20(18)23-24)22-25-14-21(2,3)15-26-22/h4-10,13H,11-12,14-15H2,1-3H3. The molecule has 0 bridgehead atoms. The third-order valence-corrected chi connectivity index (χ3v) is 4.89. The van der Waals surface area contributed by atoms with Crippen molar-refractivity contribution in [2.45, 2.75) is 33.7 Å². The molecule has 134 valence electrons. The molecule has 0 N–H and O–H groups in total. The van der Waals surface area contributed by atoms with Gasteiger partial charge in [0.1, 0.15) is 0 Å². The second kappa shape index (κ2) is 6.90. The van der Waals surface area contributed by atoms with Crippen LogP contribution in [0.5, 0.6) is 0 Å². The number of benzene rings is 2. The van der Waals surface area contributed by atoms with Crippen molar-refractivity contribution in [1.29, 1.82) is 0 Å². The Kier molecular flexibility index (Phi) is 4.59. The van der Waals surface area contributed by atoms with Crippen LogP contribution in [0.2, 0.25) is 0 Å². The van der Waals surface area contributed by atoms with E-state index in [-0.39, 0.29) is 12.5 Å². The van der Waals surface area contributed by atoms with Gasteiger partial charge >= 0.3 is 7.12 Å². The minimum atomic E-state index is -0.304. The first-order valence-electron chi connectivity index (χ1n) is 9.25. The molecule has 2 aromatic carbocycles. The lowest BCUT2D eigenvalue weighted by Crippen LogP contribution is -2.47. The molecule has 2 heterocycles. The maximum atomic E-state index is 5.98. The number of aromatic nitrogens is 2. The first kappa shape index (κ1) is 17.3. The summed E-state index contributed by atoms with van der Waals surface area (Å²) in [6.07, 6.45) is 3.08. The van der Waals surface area contributed by atoms with Crippen molar-refractivity contribution >= 4 is 23.5 Å². The maximum absolute atomic E-state index is 5.98. The van der Waals surface area contributed by atoms with Gasteiger partial charge in [-0.2, -0.15) is 5.10 Å². The smallest absolute Gasteiger partial charge is 0.407 e. The SMILES string of the molecule is Cc1ccc(CCn2cc3c(B4OCC(C)(C)CO4)cccc3n2)cc1. The van der Waals surface area contributed by atoms with Gasteiger partial charge in [-0.05, 0) is 30.4 Å². The van der Waals surface area contributed by atoms with Crippen molar-refractivity contribution < 1.29 is 9.31 Å². The highest BCUT2D eigenvalue weighted by Gasteiger charge is 2.34. The highest BCUT2D eigenvalue weighted by Crippen LogP contribution is 2.22. The molecule has 4 rings (SSSR count). The van der Waals surface area contributed by atoms with Crippen molar-refractivity contribution in [3.63, 3.8) is 0 Å². The normalized spacial score (nSPS) is 17.0. The van der Waals surface area contributed by atoms with Crippen LogP contribution in [0, 0.1) is 12.3 Å². The van der Waals surface area contributed by atoms with Gasteiger partial charge in [0.25, 0.3) is 0 Å². The van der Waals surface area contributed by atoms with Crippen LogP contribution < -0.4 is 5.46 Å². The Morgan fingerprint density at radius 1 is 1.08 bits per heavy atom. The Hall–Kier alpha value is -2.11. The maximum Gasteiger partial charge on any atom is 0.494 e. The van der Waals surface area contributed by atoms with Gasteiger partial charge in [0.15, 0.2) is 0 Å². The van der Waals surface area contributed by atoms with Gasteiger partial charge < -0.3 is 9.31 Å². The minimum absolute atomic E-state index is 0.0720. The van der Waals surface area contributed by atoms with E-state index in [9.17, 15) is 0 Å². The highest BCUT2D eigenvalue weighted by atomic mass is 16.6. The third kappa shape index (κ3) is 3.69. The molecule has 1 aliphatic rings. The van der Waals surface area contributed by atoms with Crippen LogP contribution in [0.25, 0.3) is 10.9 Å². The van der Waals surface area contributed by atoms with Crippen LogP contribution in [0.1, 0.15) is 25.0 Å². The summed E-state index contributed by atoms with van der Waals surface area (Å²) in [6, 6.07) is 14.9. The predicted octanol–water partition coefficient (Wildman–Crippen LogP) is 3.36. The molecule has 0 amide bonds. The Morgan fingerprint density at radius 2 is 1.81 bits per heavy atom. The Labute approximate surface area is 155 Å². The molecule has 0 radical (unpaired) electrons. The first-order valence-corrected chi connectivity index (χ1v) is 9.25. The van der Waals surface area contributed by atoms with Gasteiger partial charge in [0.05, 0.1) is 5.52 Å². The average molecular weight is 348 g/mol. The van der Waals surface area contributed by atoms with Crippen LogP contribution >= 0.6 is 0 Å². The van der Waals surface area contributed by atoms with Gasteiger partial charge in [-0.25, -0.2) is 0 Å². The zero-order valence-electron chi connectivity index (χ0n) is 15.7. The summed E-state index contributed by atoms with van der Waals surface area (Å²) >= 11 is 0. The number of nitrogens with zero attached hydrogens (tertiary/aromatic N) is 2. The van der Waals surface area contributed by atoms with Crippen molar-refractivity contribution in [2.24, 2.45) is 5.41 Å². The molecule has 0 saturated carbocycles. The molecule has 3 aromatic rings. The van der Waals surface area contributed by atoms with E-state index in [1.165, 1.54) is 11.1 Å². The Balaban J connectivity index is 1.53. The fourth-order valence-corrected chi connectivity index (χ4v) is 3.30. The number of hydrogen-bond donors (Lipinski definition) is 0. The van der Waals surface area contributed by atoms with Crippen LogP contribution in [0.15, 0.2) is 48.7 Å². The van der Waals surface area contributed by atoms with Gasteiger partial charge in [-0.3, -0.25) is 4.68 Å². The largest absolute Gasteiger partial charge is 0.494 e. The molecule has 0 atom stereocenters. The second-order valence-electron chi connectivity index (χ2n) is 8.03. The Morgan fingerprint density at radius 3 is 2.54 bits per heavy atom. The van der Waals surface area contributed by atoms with E-state index in [0.717, 1.165) is 29.3 Å². The molecule has 5 heteroatoms. The lowest BCUT2D eigenvalue weighted by molar-refractivity contribution is 0.0344. The van der Waals surface area contributed by atoms with Crippen LogP contribution in [0.3, 0.4) is 0 Å². The topological polar surface area (TPSA) is 36.3 Å². The molecule has 1 saturated heterocycles. The van der Waals surface area contributed by atoms with E-state index < -0.39 is 0 Å². The molecule has 0 aliphatic carbocycles. The monoisotopic (exact) mass is 348 g/mol. The van der Waals surface area contributed by atoms with Gasteiger partial charge in [0.2, 0.25) is 0 Å². The van der Waals surface area contributed by atoms with Crippen molar-refractivity contribution in [1.82, 2.24) is 9.78 Å². The summed E-state index contributed by atoms with van der Waals surface area (Å²) in [5, 5.41) is 5.85.